The van der Waals surface area contributed by atoms with E-state index in [-0.39, 0.29) is 0 Å². The number of nitrogens with one attached hydrogen (secondary N) is 4. The van der Waals surface area contributed by atoms with Crippen molar-refractivity contribution in [2.45, 2.75) is 86.5 Å². The summed E-state index contributed by atoms with van der Waals surface area (Å²) in [6, 6.07) is 22.8. The van der Waals surface area contributed by atoms with Gasteiger partial charge in [0.15, 0.2) is 0 Å². The van der Waals surface area contributed by atoms with Crippen LogP contribution in [0.15, 0.2) is 76.7 Å². The molecule has 48 heavy (non-hydrogen) atoms. The molecule has 1 aliphatic rings. The molecule has 1 aromatic heterocycles. The Morgan fingerprint density at radius 3 is 2.50 bits per heavy atom. The van der Waals surface area contributed by atoms with Crippen molar-refractivity contribution >= 4 is 22.7 Å². The summed E-state index contributed by atoms with van der Waals surface area (Å²) in [5, 5.41) is 13.1. The third kappa shape index (κ3) is 10.1. The minimum absolute atomic E-state index is 0.299. The monoisotopic (exact) mass is 671 g/mol. The molecule has 0 spiro atoms. The summed E-state index contributed by atoms with van der Waals surface area (Å²) >= 11 is 1.87. The van der Waals surface area contributed by atoms with E-state index in [2.05, 4.69) is 107 Å². The van der Waals surface area contributed by atoms with Gasteiger partial charge >= 0.3 is 0 Å². The largest absolute Gasteiger partial charge is 0.497 e. The minimum atomic E-state index is 0.299. The highest BCUT2D eigenvalue weighted by atomic mass is 32.2. The van der Waals surface area contributed by atoms with Crippen molar-refractivity contribution in [3.05, 3.63) is 89.1 Å². The summed E-state index contributed by atoms with van der Waals surface area (Å²) in [6.07, 6.45) is 8.47. The molecule has 0 saturated heterocycles. The normalized spacial score (nSPS) is 20.2. The van der Waals surface area contributed by atoms with E-state index in [4.69, 9.17) is 16.2 Å². The highest BCUT2D eigenvalue weighted by Crippen LogP contribution is 2.37. The molecule has 3 atom stereocenters. The lowest BCUT2D eigenvalue weighted by molar-refractivity contribution is 0.201. The molecule has 2 heterocycles. The fraction of sp³-hybridized carbons (Fsp3) is 0.487. The van der Waals surface area contributed by atoms with E-state index in [1.807, 2.05) is 11.8 Å². The van der Waals surface area contributed by atoms with Crippen molar-refractivity contribution < 1.29 is 4.74 Å². The van der Waals surface area contributed by atoms with Crippen molar-refractivity contribution in [2.24, 2.45) is 11.5 Å². The molecule has 1 aliphatic heterocycles. The van der Waals surface area contributed by atoms with Crippen LogP contribution in [0.25, 0.3) is 10.9 Å². The number of nitrogens with two attached hydrogens (primary N) is 2. The van der Waals surface area contributed by atoms with Crippen molar-refractivity contribution in [1.29, 1.82) is 0 Å². The Balaban J connectivity index is 1.48. The number of methoxy groups -OCH3 is 1. The number of ether oxygens (including phenoxy) is 1. The van der Waals surface area contributed by atoms with E-state index in [0.29, 0.717) is 24.7 Å². The zero-order valence-corrected chi connectivity index (χ0v) is 30.0. The van der Waals surface area contributed by atoms with Gasteiger partial charge < -0.3 is 42.0 Å². The number of H-pyrrole nitrogens is 1. The number of hydrogen-bond acceptors (Lipinski definition) is 8. The van der Waals surface area contributed by atoms with Gasteiger partial charge in [0.25, 0.3) is 0 Å². The Morgan fingerprint density at radius 1 is 0.875 bits per heavy atom. The molecule has 260 valence electrons. The number of unbranched alkanes of at least 4 members (excludes halogenated alkanes) is 1. The van der Waals surface area contributed by atoms with Gasteiger partial charge in [-0.2, -0.15) is 0 Å². The maximum atomic E-state index is 6.00. The van der Waals surface area contributed by atoms with E-state index in [9.17, 15) is 0 Å². The van der Waals surface area contributed by atoms with Gasteiger partial charge in [-0.25, -0.2) is 0 Å². The topological polar surface area (TPSA) is 116 Å². The summed E-state index contributed by atoms with van der Waals surface area (Å²) < 4.78 is 5.75. The molecule has 5 rings (SSSR count). The van der Waals surface area contributed by atoms with E-state index >= 15 is 0 Å². The van der Waals surface area contributed by atoms with Gasteiger partial charge in [0.2, 0.25) is 0 Å². The molecule has 0 radical (unpaired) electrons. The van der Waals surface area contributed by atoms with E-state index in [0.717, 1.165) is 83.5 Å². The Hall–Kier alpha value is -2.89. The number of para-hydroxylation sites is 1. The van der Waals surface area contributed by atoms with Gasteiger partial charge in [0, 0.05) is 77.7 Å². The first kappa shape index (κ1) is 36.4. The Bertz CT molecular complexity index is 1560. The van der Waals surface area contributed by atoms with Crippen molar-refractivity contribution in [1.82, 2.24) is 25.8 Å². The lowest BCUT2D eigenvalue weighted by atomic mass is 10.0. The van der Waals surface area contributed by atoms with Crippen LogP contribution in [-0.4, -0.2) is 74.9 Å². The number of likely N-dealkylation sites (N-methyl/N-ethyl adjacent to an activating group) is 1. The van der Waals surface area contributed by atoms with Gasteiger partial charge in [-0.05, 0) is 106 Å². The van der Waals surface area contributed by atoms with Crippen molar-refractivity contribution in [2.75, 3.05) is 46.9 Å². The fourth-order valence-corrected chi connectivity index (χ4v) is 7.99. The Labute approximate surface area is 292 Å². The van der Waals surface area contributed by atoms with E-state index in [1.165, 1.54) is 42.9 Å². The molecule has 4 aromatic rings. The molecule has 0 bridgehead atoms. The van der Waals surface area contributed by atoms with Crippen LogP contribution in [0.5, 0.6) is 5.75 Å². The number of aryl methyl sites for hydroxylation is 1. The van der Waals surface area contributed by atoms with Crippen LogP contribution in [0.1, 0.15) is 54.4 Å². The first-order chi connectivity index (χ1) is 23.5. The van der Waals surface area contributed by atoms with Crippen LogP contribution in [-0.2, 0) is 19.5 Å². The van der Waals surface area contributed by atoms with Crippen molar-refractivity contribution in [3.63, 3.8) is 0 Å². The van der Waals surface area contributed by atoms with E-state index in [1.54, 1.807) is 7.11 Å². The molecular weight excluding hydrogens is 615 g/mol. The highest BCUT2D eigenvalue weighted by molar-refractivity contribution is 7.99. The number of fused-ring (bicyclic) bond motifs is 3. The number of aromatic nitrogens is 1. The van der Waals surface area contributed by atoms with Crippen LogP contribution in [0.3, 0.4) is 0 Å². The Kier molecular flexibility index (Phi) is 14.2. The molecule has 0 fully saturated rings. The second-order valence-corrected chi connectivity index (χ2v) is 14.4. The maximum absolute atomic E-state index is 6.00. The van der Waals surface area contributed by atoms with Gasteiger partial charge in [-0.15, -0.1) is 0 Å². The van der Waals surface area contributed by atoms with Crippen LogP contribution < -0.4 is 32.2 Å². The molecule has 0 aliphatic carbocycles. The quantitative estimate of drug-likeness (QED) is 0.121. The predicted octanol–water partition coefficient (Wildman–Crippen LogP) is 5.57. The first-order valence-corrected chi connectivity index (χ1v) is 18.6. The number of nitrogens with zero attached hydrogens (tertiary/aromatic N) is 1. The number of benzene rings is 3. The lowest BCUT2D eigenvalue weighted by Gasteiger charge is -2.33. The summed E-state index contributed by atoms with van der Waals surface area (Å²) in [6.45, 7) is 7.95. The molecule has 0 amide bonds. The number of hydrogen-bond donors (Lipinski definition) is 6. The standard InChI is InChI=1S/C39H57N7OS/c1-28-19-35(47-3)21-31-22-42-26-34(20-30-24-45-37-15-6-5-14-36(30)37)46(2)27-33(12-8-9-17-40)44-25-32(13-10-18-41)43-23-29-11-4-7-16-38(29)48-39(28)31/h4-7,11,14-16,19,21,24,32-34,42-45H,8-10,12-13,17-18,20,22-23,25-27,40-41H2,1-3H3/t32-,33-,34-/m0/s1. The molecular formula is C39H57N7OS. The highest BCUT2D eigenvalue weighted by Gasteiger charge is 2.23. The van der Waals surface area contributed by atoms with Gasteiger partial charge in [-0.1, -0.05) is 54.6 Å². The van der Waals surface area contributed by atoms with Crippen LogP contribution in [0.2, 0.25) is 0 Å². The zero-order chi connectivity index (χ0) is 33.7. The first-order valence-electron chi connectivity index (χ1n) is 17.7. The molecule has 0 saturated carbocycles. The van der Waals surface area contributed by atoms with Crippen LogP contribution in [0, 0.1) is 6.92 Å². The number of rotatable bonds is 10. The van der Waals surface area contributed by atoms with Gasteiger partial charge in [-0.3, -0.25) is 0 Å². The zero-order valence-electron chi connectivity index (χ0n) is 29.2. The van der Waals surface area contributed by atoms with Crippen LogP contribution >= 0.6 is 11.8 Å². The number of aromatic amines is 1. The lowest BCUT2D eigenvalue weighted by Crippen LogP contribution is -2.50. The van der Waals surface area contributed by atoms with Gasteiger partial charge in [0.1, 0.15) is 5.75 Å². The summed E-state index contributed by atoms with van der Waals surface area (Å²) in [7, 11) is 4.05. The van der Waals surface area contributed by atoms with Gasteiger partial charge in [0.05, 0.1) is 7.11 Å². The third-order valence-electron chi connectivity index (χ3n) is 9.70. The average molecular weight is 672 g/mol. The van der Waals surface area contributed by atoms with Crippen LogP contribution in [0.4, 0.5) is 0 Å². The third-order valence-corrected chi connectivity index (χ3v) is 11.1. The molecule has 0 unspecified atom stereocenters. The molecule has 9 heteroatoms. The summed E-state index contributed by atoms with van der Waals surface area (Å²) in [5.41, 5.74) is 18.3. The van der Waals surface area contributed by atoms with Crippen molar-refractivity contribution in [3.8, 4) is 5.75 Å². The molecule has 8 N–H and O–H groups in total. The second-order valence-electron chi connectivity index (χ2n) is 13.3. The maximum Gasteiger partial charge on any atom is 0.119 e. The fourth-order valence-electron chi connectivity index (χ4n) is 6.87. The summed E-state index contributed by atoms with van der Waals surface area (Å²) in [5.74, 6) is 0.899. The SMILES string of the molecule is COc1cc(C)c2c(c1)CNC[C@H](Cc1c[nH]c3ccccc13)N(C)C[C@H](CCCCN)NC[C@H](CCCN)NCc1ccccc1S2. The molecule has 8 nitrogen and oxygen atoms in total. The predicted molar refractivity (Wildman–Crippen MR) is 202 cm³/mol. The molecule has 3 aromatic carbocycles. The second kappa shape index (κ2) is 18.8. The minimum Gasteiger partial charge on any atom is -0.497 e. The van der Waals surface area contributed by atoms with E-state index < -0.39 is 0 Å². The smallest absolute Gasteiger partial charge is 0.119 e. The average Bonchev–Trinajstić information content (AvgIpc) is 3.51. The summed E-state index contributed by atoms with van der Waals surface area (Å²) in [4.78, 5) is 8.65. The Morgan fingerprint density at radius 2 is 1.67 bits per heavy atom.